The summed E-state index contributed by atoms with van der Waals surface area (Å²) in [6.45, 7) is 0.756. The Hall–Kier alpha value is -3.35. The first-order valence-corrected chi connectivity index (χ1v) is 12.0. The molecular formula is C27H32N2O5. The molecule has 2 amide bonds. The van der Waals surface area contributed by atoms with Gasteiger partial charge in [0.1, 0.15) is 12.6 Å². The topological polar surface area (TPSA) is 95.9 Å². The van der Waals surface area contributed by atoms with Crippen molar-refractivity contribution in [3.63, 3.8) is 0 Å². The number of hydrogen-bond donors (Lipinski definition) is 2. The summed E-state index contributed by atoms with van der Waals surface area (Å²) in [4.78, 5) is 38.5. The van der Waals surface area contributed by atoms with Gasteiger partial charge >= 0.3 is 12.1 Å². The van der Waals surface area contributed by atoms with Gasteiger partial charge in [0.2, 0.25) is 5.91 Å². The highest BCUT2D eigenvalue weighted by Crippen LogP contribution is 2.44. The predicted molar refractivity (Wildman–Crippen MR) is 128 cm³/mol. The number of benzene rings is 2. The Balaban J connectivity index is 1.39. The van der Waals surface area contributed by atoms with E-state index in [-0.39, 0.29) is 31.3 Å². The summed E-state index contributed by atoms with van der Waals surface area (Å²) < 4.78 is 5.57. The summed E-state index contributed by atoms with van der Waals surface area (Å²) in [5, 5.41) is 11.7. The Morgan fingerprint density at radius 3 is 2.21 bits per heavy atom. The molecule has 0 bridgehead atoms. The Labute approximate surface area is 200 Å². The van der Waals surface area contributed by atoms with Crippen molar-refractivity contribution in [1.82, 2.24) is 10.2 Å². The highest BCUT2D eigenvalue weighted by atomic mass is 16.5. The highest BCUT2D eigenvalue weighted by molar-refractivity contribution is 5.86. The third-order valence-electron chi connectivity index (χ3n) is 6.96. The molecule has 1 saturated carbocycles. The van der Waals surface area contributed by atoms with Crippen molar-refractivity contribution in [1.29, 1.82) is 0 Å². The number of hydrogen-bond acceptors (Lipinski definition) is 4. The molecule has 7 heteroatoms. The zero-order chi connectivity index (χ0) is 24.1. The molecule has 4 rings (SSSR count). The number of nitrogens with zero attached hydrogens (tertiary/aromatic N) is 1. The number of likely N-dealkylation sites (N-methyl/N-ethyl adjacent to an activating group) is 1. The molecule has 180 valence electrons. The fourth-order valence-electron chi connectivity index (χ4n) is 5.24. The second-order valence-electron chi connectivity index (χ2n) is 9.32. The Kier molecular flexibility index (Phi) is 7.50. The lowest BCUT2D eigenvalue weighted by atomic mass is 9.98. The maximum absolute atomic E-state index is 13.0. The summed E-state index contributed by atoms with van der Waals surface area (Å²) in [6, 6.07) is 15.2. The van der Waals surface area contributed by atoms with Crippen LogP contribution in [0.4, 0.5) is 4.79 Å². The number of aliphatic carboxylic acids is 1. The van der Waals surface area contributed by atoms with Crippen LogP contribution in [0.25, 0.3) is 11.1 Å². The molecule has 0 aliphatic heterocycles. The fraction of sp³-hybridized carbons (Fsp3) is 0.444. The van der Waals surface area contributed by atoms with Crippen molar-refractivity contribution in [2.75, 3.05) is 20.2 Å². The molecule has 0 aromatic heterocycles. The van der Waals surface area contributed by atoms with E-state index < -0.39 is 18.1 Å². The minimum atomic E-state index is -1.01. The van der Waals surface area contributed by atoms with Crippen molar-refractivity contribution < 1.29 is 24.2 Å². The zero-order valence-electron chi connectivity index (χ0n) is 19.5. The maximum atomic E-state index is 13.0. The number of carboxylic acid groups (broad SMARTS) is 1. The molecule has 1 fully saturated rings. The summed E-state index contributed by atoms with van der Waals surface area (Å²) in [5.74, 6) is -0.910. The molecule has 1 unspecified atom stereocenters. The van der Waals surface area contributed by atoms with E-state index in [9.17, 15) is 14.4 Å². The molecular weight excluding hydrogens is 432 g/mol. The number of carbonyl (C=O) groups is 3. The van der Waals surface area contributed by atoms with Crippen LogP contribution >= 0.6 is 0 Å². The fourth-order valence-corrected chi connectivity index (χ4v) is 5.24. The van der Waals surface area contributed by atoms with E-state index in [2.05, 4.69) is 17.4 Å². The van der Waals surface area contributed by atoms with Gasteiger partial charge in [-0.3, -0.25) is 9.59 Å². The van der Waals surface area contributed by atoms with Gasteiger partial charge < -0.3 is 20.1 Å². The molecule has 0 spiro atoms. The molecule has 34 heavy (non-hydrogen) atoms. The lowest BCUT2D eigenvalue weighted by Crippen LogP contribution is -2.48. The van der Waals surface area contributed by atoms with Gasteiger partial charge in [-0.1, -0.05) is 61.4 Å². The summed E-state index contributed by atoms with van der Waals surface area (Å²) in [6.07, 6.45) is 3.64. The Morgan fingerprint density at radius 1 is 1.03 bits per heavy atom. The smallest absolute Gasteiger partial charge is 0.407 e. The van der Waals surface area contributed by atoms with E-state index >= 15 is 0 Å². The quantitative estimate of drug-likeness (QED) is 0.573. The summed E-state index contributed by atoms with van der Waals surface area (Å²) >= 11 is 0. The van der Waals surface area contributed by atoms with Gasteiger partial charge in [0.15, 0.2) is 0 Å². The van der Waals surface area contributed by atoms with Crippen LogP contribution < -0.4 is 5.32 Å². The minimum Gasteiger partial charge on any atom is -0.481 e. The van der Waals surface area contributed by atoms with E-state index in [1.807, 2.05) is 36.4 Å². The lowest BCUT2D eigenvalue weighted by Gasteiger charge is -2.26. The average molecular weight is 465 g/mol. The number of amides is 2. The molecule has 7 nitrogen and oxygen atoms in total. The van der Waals surface area contributed by atoms with Gasteiger partial charge in [0.05, 0.1) is 0 Å². The first kappa shape index (κ1) is 23.8. The number of rotatable bonds is 9. The van der Waals surface area contributed by atoms with Gasteiger partial charge in [-0.25, -0.2) is 4.79 Å². The predicted octanol–water partition coefficient (Wildman–Crippen LogP) is 4.41. The van der Waals surface area contributed by atoms with Gasteiger partial charge in [-0.2, -0.15) is 0 Å². The lowest BCUT2D eigenvalue weighted by molar-refractivity contribution is -0.138. The molecule has 1 atom stereocenters. The largest absolute Gasteiger partial charge is 0.481 e. The van der Waals surface area contributed by atoms with E-state index in [1.165, 1.54) is 12.8 Å². The van der Waals surface area contributed by atoms with Crippen molar-refractivity contribution in [3.05, 3.63) is 59.7 Å². The Bertz CT molecular complexity index is 1000. The summed E-state index contributed by atoms with van der Waals surface area (Å²) in [5.41, 5.74) is 4.47. The van der Waals surface area contributed by atoms with Gasteiger partial charge in [-0.15, -0.1) is 0 Å². The summed E-state index contributed by atoms with van der Waals surface area (Å²) in [7, 11) is 1.72. The van der Waals surface area contributed by atoms with Crippen LogP contribution in [0.15, 0.2) is 48.5 Å². The molecule has 2 aliphatic carbocycles. The van der Waals surface area contributed by atoms with Gasteiger partial charge in [0, 0.05) is 25.9 Å². The van der Waals surface area contributed by atoms with E-state index in [0.717, 1.165) is 35.1 Å². The van der Waals surface area contributed by atoms with E-state index in [1.54, 1.807) is 11.9 Å². The van der Waals surface area contributed by atoms with Crippen molar-refractivity contribution in [2.24, 2.45) is 5.92 Å². The van der Waals surface area contributed by atoms with Crippen LogP contribution in [0, 0.1) is 5.92 Å². The molecule has 2 aliphatic rings. The van der Waals surface area contributed by atoms with Crippen LogP contribution in [0.5, 0.6) is 0 Å². The third-order valence-corrected chi connectivity index (χ3v) is 6.96. The number of fused-ring (bicyclic) bond motifs is 3. The molecule has 2 aromatic carbocycles. The molecule has 0 radical (unpaired) electrons. The van der Waals surface area contributed by atoms with Gasteiger partial charge in [0.25, 0.3) is 0 Å². The van der Waals surface area contributed by atoms with Crippen LogP contribution in [-0.2, 0) is 14.3 Å². The number of carboxylic acids is 1. The van der Waals surface area contributed by atoms with Gasteiger partial charge in [-0.05, 0) is 47.4 Å². The van der Waals surface area contributed by atoms with E-state index in [4.69, 9.17) is 9.84 Å². The average Bonchev–Trinajstić information content (AvgIpc) is 3.46. The van der Waals surface area contributed by atoms with Crippen LogP contribution in [-0.4, -0.2) is 54.2 Å². The Morgan fingerprint density at radius 2 is 1.62 bits per heavy atom. The van der Waals surface area contributed by atoms with E-state index in [0.29, 0.717) is 12.5 Å². The second-order valence-corrected chi connectivity index (χ2v) is 9.32. The normalized spacial score (nSPS) is 15.9. The molecule has 0 heterocycles. The third kappa shape index (κ3) is 5.41. The van der Waals surface area contributed by atoms with Crippen molar-refractivity contribution in [3.8, 4) is 11.1 Å². The number of carbonyl (C=O) groups excluding carboxylic acids is 2. The SMILES string of the molecule is CN(CC1CCCC1)C(=O)C(CCC(=O)O)NC(=O)OCC1c2ccccc2-c2ccccc21. The number of nitrogens with one attached hydrogen (secondary N) is 1. The van der Waals surface area contributed by atoms with Crippen LogP contribution in [0.1, 0.15) is 55.6 Å². The zero-order valence-corrected chi connectivity index (χ0v) is 19.5. The molecule has 0 saturated heterocycles. The molecule has 2 aromatic rings. The molecule has 2 N–H and O–H groups in total. The number of alkyl carbamates (subject to hydrolysis) is 1. The second kappa shape index (κ2) is 10.7. The number of ether oxygens (including phenoxy) is 1. The van der Waals surface area contributed by atoms with Crippen LogP contribution in [0.2, 0.25) is 0 Å². The maximum Gasteiger partial charge on any atom is 0.407 e. The minimum absolute atomic E-state index is 0.0212. The van der Waals surface area contributed by atoms with Crippen LogP contribution in [0.3, 0.4) is 0 Å². The highest BCUT2D eigenvalue weighted by Gasteiger charge is 2.31. The first-order valence-electron chi connectivity index (χ1n) is 12.0. The standard InChI is InChI=1S/C27H32N2O5/c1-29(16-18-8-2-3-9-18)26(32)24(14-15-25(30)31)28-27(33)34-17-23-21-12-6-4-10-19(21)20-11-5-7-13-22(20)23/h4-7,10-13,18,23-24H,2-3,8-9,14-17H2,1H3,(H,28,33)(H,30,31). The first-order chi connectivity index (χ1) is 16.4. The van der Waals surface area contributed by atoms with Crippen molar-refractivity contribution in [2.45, 2.75) is 50.5 Å². The monoisotopic (exact) mass is 464 g/mol. The van der Waals surface area contributed by atoms with Crippen molar-refractivity contribution >= 4 is 18.0 Å².